The van der Waals surface area contributed by atoms with E-state index in [0.717, 1.165) is 49.7 Å². The number of hydrogen-bond acceptors (Lipinski definition) is 2. The van der Waals surface area contributed by atoms with Gasteiger partial charge in [0.05, 0.1) is 18.8 Å². The predicted octanol–water partition coefficient (Wildman–Crippen LogP) is 6.54. The molecule has 0 radical (unpaired) electrons. The van der Waals surface area contributed by atoms with Gasteiger partial charge in [0.25, 0.3) is 0 Å². The van der Waals surface area contributed by atoms with Crippen LogP contribution in [0.3, 0.4) is 0 Å². The summed E-state index contributed by atoms with van der Waals surface area (Å²) in [6.07, 6.45) is 22.4. The highest BCUT2D eigenvalue weighted by molar-refractivity contribution is 4.97. The zero-order chi connectivity index (χ0) is 18.2. The lowest BCUT2D eigenvalue weighted by molar-refractivity contribution is -0.0679. The Kier molecular flexibility index (Phi) is 8.52. The van der Waals surface area contributed by atoms with Gasteiger partial charge in [0, 0.05) is 6.61 Å². The summed E-state index contributed by atoms with van der Waals surface area (Å²) < 4.78 is 11.6. The fourth-order valence-corrected chi connectivity index (χ4v) is 5.71. The maximum atomic E-state index is 5.97. The number of hydrogen-bond donors (Lipinski definition) is 0. The van der Waals surface area contributed by atoms with E-state index in [2.05, 4.69) is 26.0 Å². The lowest BCUT2D eigenvalue weighted by Crippen LogP contribution is -2.30. The fourth-order valence-electron chi connectivity index (χ4n) is 5.71. The molecule has 3 aliphatic rings. The minimum absolute atomic E-state index is 0.326. The first-order chi connectivity index (χ1) is 12.8. The van der Waals surface area contributed by atoms with Crippen LogP contribution in [-0.2, 0) is 9.47 Å². The van der Waals surface area contributed by atoms with Crippen LogP contribution in [-0.4, -0.2) is 25.4 Å². The summed E-state index contributed by atoms with van der Waals surface area (Å²) in [7, 11) is 0. The second-order valence-corrected chi connectivity index (χ2v) is 9.16. The van der Waals surface area contributed by atoms with Crippen LogP contribution in [0.4, 0.5) is 0 Å². The molecule has 0 aromatic heterocycles. The zero-order valence-corrected chi connectivity index (χ0v) is 17.3. The molecule has 0 aromatic rings. The molecule has 0 bridgehead atoms. The molecule has 2 unspecified atom stereocenters. The molecular weight excluding hydrogens is 320 g/mol. The lowest BCUT2D eigenvalue weighted by Gasteiger charge is -2.37. The van der Waals surface area contributed by atoms with E-state index in [1.807, 2.05) is 0 Å². The summed E-state index contributed by atoms with van der Waals surface area (Å²) in [6.45, 7) is 5.99. The van der Waals surface area contributed by atoms with E-state index in [4.69, 9.17) is 9.47 Å². The Morgan fingerprint density at radius 1 is 0.808 bits per heavy atom. The maximum Gasteiger partial charge on any atom is 0.0809 e. The quantitative estimate of drug-likeness (QED) is 0.479. The third-order valence-corrected chi connectivity index (χ3v) is 7.34. The Morgan fingerprint density at radius 3 is 2.08 bits per heavy atom. The average Bonchev–Trinajstić information content (AvgIpc) is 2.69. The van der Waals surface area contributed by atoms with Crippen molar-refractivity contribution in [3.63, 3.8) is 0 Å². The second kappa shape index (κ2) is 10.9. The summed E-state index contributed by atoms with van der Waals surface area (Å²) >= 11 is 0. The first kappa shape index (κ1) is 20.4. The zero-order valence-electron chi connectivity index (χ0n) is 17.3. The van der Waals surface area contributed by atoms with Crippen LogP contribution < -0.4 is 0 Å². The summed E-state index contributed by atoms with van der Waals surface area (Å²) in [5, 5.41) is 0. The minimum atomic E-state index is 0.326. The van der Waals surface area contributed by atoms with E-state index < -0.39 is 0 Å². The van der Waals surface area contributed by atoms with E-state index in [0.29, 0.717) is 12.2 Å². The minimum Gasteiger partial charge on any atom is -0.376 e. The molecule has 0 spiro atoms. The molecule has 2 saturated carbocycles. The largest absolute Gasteiger partial charge is 0.376 e. The van der Waals surface area contributed by atoms with Crippen molar-refractivity contribution >= 4 is 0 Å². The predicted molar refractivity (Wildman–Crippen MR) is 109 cm³/mol. The molecule has 1 aliphatic heterocycles. The topological polar surface area (TPSA) is 18.5 Å². The van der Waals surface area contributed by atoms with Crippen molar-refractivity contribution < 1.29 is 9.47 Å². The first-order valence-corrected chi connectivity index (χ1v) is 11.7. The van der Waals surface area contributed by atoms with Gasteiger partial charge in [-0.2, -0.15) is 0 Å². The SMILES string of the molecule is CCCC1CCC(C2CCC(C=CC3CCC(OCC)CO3)CC2)CC1. The molecule has 2 atom stereocenters. The van der Waals surface area contributed by atoms with Crippen molar-refractivity contribution in [1.29, 1.82) is 0 Å². The smallest absolute Gasteiger partial charge is 0.0809 e. The average molecular weight is 363 g/mol. The van der Waals surface area contributed by atoms with E-state index in [1.54, 1.807) is 0 Å². The number of ether oxygens (including phenoxy) is 2. The van der Waals surface area contributed by atoms with Crippen LogP contribution in [0, 0.1) is 23.7 Å². The number of rotatable bonds is 7. The molecule has 3 fully saturated rings. The third kappa shape index (κ3) is 6.09. The number of allylic oxidation sites excluding steroid dienone is 1. The van der Waals surface area contributed by atoms with Crippen LogP contribution >= 0.6 is 0 Å². The van der Waals surface area contributed by atoms with Gasteiger partial charge in [-0.05, 0) is 82.0 Å². The van der Waals surface area contributed by atoms with Gasteiger partial charge in [-0.15, -0.1) is 0 Å². The van der Waals surface area contributed by atoms with Gasteiger partial charge in [-0.25, -0.2) is 0 Å². The van der Waals surface area contributed by atoms with Gasteiger partial charge in [-0.3, -0.25) is 0 Å². The Labute approximate surface area is 162 Å². The van der Waals surface area contributed by atoms with Crippen LogP contribution in [0.15, 0.2) is 12.2 Å². The van der Waals surface area contributed by atoms with Crippen molar-refractivity contribution in [2.75, 3.05) is 13.2 Å². The molecule has 1 heterocycles. The molecular formula is C24H42O2. The molecule has 2 aliphatic carbocycles. The van der Waals surface area contributed by atoms with Gasteiger partial charge in [0.1, 0.15) is 0 Å². The standard InChI is InChI=1S/C24H42O2/c1-3-5-19-6-11-21(12-7-19)22-13-8-20(9-14-22)10-15-23-16-17-24(18-26-23)25-4-2/h10,15,19-24H,3-9,11-14,16-18H2,1-2H3. The molecule has 3 rings (SSSR count). The molecule has 0 N–H and O–H groups in total. The molecule has 0 aromatic carbocycles. The van der Waals surface area contributed by atoms with E-state index in [9.17, 15) is 0 Å². The van der Waals surface area contributed by atoms with Crippen LogP contribution in [0.2, 0.25) is 0 Å². The highest BCUT2D eigenvalue weighted by atomic mass is 16.5. The van der Waals surface area contributed by atoms with Gasteiger partial charge >= 0.3 is 0 Å². The van der Waals surface area contributed by atoms with E-state index in [1.165, 1.54) is 64.2 Å². The van der Waals surface area contributed by atoms with Crippen molar-refractivity contribution in [2.45, 2.75) is 103 Å². The molecule has 0 amide bonds. The summed E-state index contributed by atoms with van der Waals surface area (Å²) in [6, 6.07) is 0. The van der Waals surface area contributed by atoms with Crippen molar-refractivity contribution in [3.8, 4) is 0 Å². The van der Waals surface area contributed by atoms with Crippen LogP contribution in [0.5, 0.6) is 0 Å². The molecule has 1 saturated heterocycles. The normalized spacial score (nSPS) is 39.3. The Bertz CT molecular complexity index is 394. The van der Waals surface area contributed by atoms with E-state index >= 15 is 0 Å². The van der Waals surface area contributed by atoms with Crippen LogP contribution in [0.1, 0.15) is 90.9 Å². The Balaban J connectivity index is 1.33. The highest BCUT2D eigenvalue weighted by Gasteiger charge is 2.30. The maximum absolute atomic E-state index is 5.97. The van der Waals surface area contributed by atoms with Gasteiger partial charge in [0.2, 0.25) is 0 Å². The molecule has 2 nitrogen and oxygen atoms in total. The third-order valence-electron chi connectivity index (χ3n) is 7.34. The highest BCUT2D eigenvalue weighted by Crippen LogP contribution is 2.42. The lowest BCUT2D eigenvalue weighted by atomic mass is 9.68. The van der Waals surface area contributed by atoms with Crippen molar-refractivity contribution in [2.24, 2.45) is 23.7 Å². The monoisotopic (exact) mass is 362 g/mol. The Morgan fingerprint density at radius 2 is 1.50 bits per heavy atom. The van der Waals surface area contributed by atoms with E-state index in [-0.39, 0.29) is 0 Å². The van der Waals surface area contributed by atoms with Crippen molar-refractivity contribution in [1.82, 2.24) is 0 Å². The van der Waals surface area contributed by atoms with Gasteiger partial charge in [0.15, 0.2) is 0 Å². The van der Waals surface area contributed by atoms with Gasteiger partial charge < -0.3 is 9.47 Å². The molecule has 2 heteroatoms. The summed E-state index contributed by atoms with van der Waals surface area (Å²) in [5.74, 6) is 3.93. The summed E-state index contributed by atoms with van der Waals surface area (Å²) in [5.41, 5.74) is 0. The second-order valence-electron chi connectivity index (χ2n) is 9.16. The first-order valence-electron chi connectivity index (χ1n) is 11.7. The van der Waals surface area contributed by atoms with Gasteiger partial charge in [-0.1, -0.05) is 44.8 Å². The summed E-state index contributed by atoms with van der Waals surface area (Å²) in [4.78, 5) is 0. The van der Waals surface area contributed by atoms with Crippen LogP contribution in [0.25, 0.3) is 0 Å². The molecule has 150 valence electrons. The fraction of sp³-hybridized carbons (Fsp3) is 0.917. The molecule has 26 heavy (non-hydrogen) atoms. The van der Waals surface area contributed by atoms with Crippen molar-refractivity contribution in [3.05, 3.63) is 12.2 Å². The Hall–Kier alpha value is -0.340.